The fourth-order valence-electron chi connectivity index (χ4n) is 2.56. The third-order valence-corrected chi connectivity index (χ3v) is 6.32. The third kappa shape index (κ3) is 4.62. The molecular formula is C19H13F3N2O4S2. The number of thiophene rings is 1. The number of benzene rings is 1. The molecule has 2 heterocycles. The molecule has 30 heavy (non-hydrogen) atoms. The van der Waals surface area contributed by atoms with Crippen molar-refractivity contribution in [3.05, 3.63) is 68.3 Å². The molecule has 0 fully saturated rings. The van der Waals surface area contributed by atoms with Gasteiger partial charge in [-0.25, -0.2) is 10.2 Å². The molecule has 156 valence electrons. The second-order valence-corrected chi connectivity index (χ2v) is 8.20. The Morgan fingerprint density at radius 3 is 2.30 bits per heavy atom. The highest BCUT2D eigenvalue weighted by molar-refractivity contribution is 8.03. The minimum atomic E-state index is -4.45. The van der Waals surface area contributed by atoms with Crippen molar-refractivity contribution in [3.63, 3.8) is 0 Å². The molecule has 0 bridgehead atoms. The van der Waals surface area contributed by atoms with Crippen LogP contribution in [-0.2, 0) is 11.0 Å². The van der Waals surface area contributed by atoms with Gasteiger partial charge in [-0.05, 0) is 42.2 Å². The van der Waals surface area contributed by atoms with E-state index in [9.17, 15) is 27.6 Å². The van der Waals surface area contributed by atoms with Crippen LogP contribution >= 0.6 is 23.1 Å². The van der Waals surface area contributed by atoms with E-state index in [4.69, 9.17) is 5.11 Å². The van der Waals surface area contributed by atoms with Crippen LogP contribution in [0.15, 0.2) is 52.5 Å². The standard InChI is InChI=1S/C19H13F3N2O4S2/c1-9(23-24-17(26)13-6-7-14(30-13)18(27)28)12-8-29-16(15(12)25)10-2-4-11(5-3-10)19(20,21)22/h2-8,16H,1H3,(H,24,26)(H,27,28)/b23-9+. The summed E-state index contributed by atoms with van der Waals surface area (Å²) < 4.78 is 38.1. The highest BCUT2D eigenvalue weighted by Crippen LogP contribution is 2.40. The number of nitrogens with zero attached hydrogens (tertiary/aromatic N) is 1. The Labute approximate surface area is 176 Å². The van der Waals surface area contributed by atoms with Gasteiger partial charge in [-0.3, -0.25) is 9.59 Å². The van der Waals surface area contributed by atoms with Gasteiger partial charge in [0.2, 0.25) is 0 Å². The molecule has 0 aliphatic carbocycles. The highest BCUT2D eigenvalue weighted by Gasteiger charge is 2.33. The second kappa shape index (κ2) is 8.44. The number of thioether (sulfide) groups is 1. The first-order chi connectivity index (χ1) is 14.1. The number of hydrogen-bond acceptors (Lipinski definition) is 6. The fraction of sp³-hybridized carbons (Fsp3) is 0.158. The molecule has 2 aromatic rings. The van der Waals surface area contributed by atoms with Crippen molar-refractivity contribution in [1.82, 2.24) is 5.43 Å². The normalized spacial score (nSPS) is 17.1. The van der Waals surface area contributed by atoms with Crippen LogP contribution in [0.5, 0.6) is 0 Å². The van der Waals surface area contributed by atoms with E-state index < -0.39 is 28.9 Å². The molecule has 1 atom stereocenters. The Bertz CT molecular complexity index is 1070. The van der Waals surface area contributed by atoms with Gasteiger partial charge in [0.05, 0.1) is 21.4 Å². The van der Waals surface area contributed by atoms with E-state index in [2.05, 4.69) is 10.5 Å². The summed E-state index contributed by atoms with van der Waals surface area (Å²) in [5, 5.41) is 13.6. The first kappa shape index (κ1) is 21.8. The SMILES string of the molecule is C/C(=N\NC(=O)c1ccc(C(=O)O)s1)C1=CSC(c2ccc(C(F)(F)F)cc2)C1=O. The molecule has 0 saturated carbocycles. The largest absolute Gasteiger partial charge is 0.477 e. The maximum atomic E-state index is 12.7. The van der Waals surface area contributed by atoms with Crippen molar-refractivity contribution in [2.24, 2.45) is 5.10 Å². The topological polar surface area (TPSA) is 95.8 Å². The fourth-order valence-corrected chi connectivity index (χ4v) is 4.42. The lowest BCUT2D eigenvalue weighted by molar-refractivity contribution is -0.137. The summed E-state index contributed by atoms with van der Waals surface area (Å²) in [5.41, 5.74) is 2.37. The molecule has 1 aromatic carbocycles. The Morgan fingerprint density at radius 2 is 1.73 bits per heavy atom. The number of Topliss-reactive ketones (excluding diaryl/α,β-unsaturated/α-hetero) is 1. The quantitative estimate of drug-likeness (QED) is 0.512. The number of rotatable bonds is 5. The van der Waals surface area contributed by atoms with Crippen LogP contribution in [0.4, 0.5) is 13.2 Å². The van der Waals surface area contributed by atoms with E-state index >= 15 is 0 Å². The van der Waals surface area contributed by atoms with Crippen LogP contribution in [-0.4, -0.2) is 28.5 Å². The van der Waals surface area contributed by atoms with E-state index in [-0.39, 0.29) is 26.8 Å². The summed E-state index contributed by atoms with van der Waals surface area (Å²) >= 11 is 1.93. The average Bonchev–Trinajstić information content (AvgIpc) is 3.32. The molecule has 6 nitrogen and oxygen atoms in total. The van der Waals surface area contributed by atoms with Crippen LogP contribution in [0.2, 0.25) is 0 Å². The number of halogens is 3. The number of allylic oxidation sites excluding steroid dienone is 1. The number of aromatic carboxylic acids is 1. The van der Waals surface area contributed by atoms with Crippen molar-refractivity contribution in [1.29, 1.82) is 0 Å². The van der Waals surface area contributed by atoms with E-state index in [0.717, 1.165) is 35.2 Å². The number of nitrogens with one attached hydrogen (secondary N) is 1. The molecule has 0 spiro atoms. The number of ketones is 1. The Morgan fingerprint density at radius 1 is 1.10 bits per heavy atom. The van der Waals surface area contributed by atoms with Gasteiger partial charge >= 0.3 is 12.1 Å². The van der Waals surface area contributed by atoms with E-state index in [1.165, 1.54) is 31.2 Å². The number of carboxylic acid groups (broad SMARTS) is 1. The molecule has 1 unspecified atom stereocenters. The molecule has 1 aromatic heterocycles. The summed E-state index contributed by atoms with van der Waals surface area (Å²) in [4.78, 5) is 35.8. The van der Waals surface area contributed by atoms with Gasteiger partial charge in [0.25, 0.3) is 5.91 Å². The number of carbonyl (C=O) groups is 3. The molecule has 1 aliphatic rings. The molecular weight excluding hydrogens is 441 g/mol. The molecule has 0 radical (unpaired) electrons. The zero-order valence-electron chi connectivity index (χ0n) is 15.2. The number of carboxylic acids is 1. The first-order valence-electron chi connectivity index (χ1n) is 8.33. The average molecular weight is 454 g/mol. The number of alkyl halides is 3. The Hall–Kier alpha value is -2.92. The van der Waals surface area contributed by atoms with Gasteiger partial charge < -0.3 is 5.11 Å². The summed E-state index contributed by atoms with van der Waals surface area (Å²) in [6.45, 7) is 1.51. The maximum absolute atomic E-state index is 12.7. The van der Waals surface area contributed by atoms with Gasteiger partial charge in [0.15, 0.2) is 5.78 Å². The highest BCUT2D eigenvalue weighted by atomic mass is 32.2. The first-order valence-corrected chi connectivity index (χ1v) is 10.1. The van der Waals surface area contributed by atoms with Crippen LogP contribution in [0.1, 0.15) is 42.6 Å². The summed E-state index contributed by atoms with van der Waals surface area (Å²) in [5.74, 6) is -2.10. The van der Waals surface area contributed by atoms with Crippen LogP contribution in [0, 0.1) is 0 Å². The van der Waals surface area contributed by atoms with Crippen molar-refractivity contribution < 1.29 is 32.7 Å². The van der Waals surface area contributed by atoms with Gasteiger partial charge in [0.1, 0.15) is 4.88 Å². The number of amides is 1. The van der Waals surface area contributed by atoms with Crippen LogP contribution in [0.25, 0.3) is 0 Å². The summed E-state index contributed by atoms with van der Waals surface area (Å²) in [6.07, 6.45) is -4.45. The molecule has 11 heteroatoms. The second-order valence-electron chi connectivity index (χ2n) is 6.14. The van der Waals surface area contributed by atoms with Crippen LogP contribution < -0.4 is 5.43 Å². The van der Waals surface area contributed by atoms with E-state index in [1.807, 2.05) is 0 Å². The van der Waals surface area contributed by atoms with Crippen molar-refractivity contribution in [3.8, 4) is 0 Å². The lowest BCUT2D eigenvalue weighted by Crippen LogP contribution is -2.20. The molecule has 0 saturated heterocycles. The monoisotopic (exact) mass is 454 g/mol. The smallest absolute Gasteiger partial charge is 0.416 e. The lowest BCUT2D eigenvalue weighted by atomic mass is 10.0. The predicted octanol–water partition coefficient (Wildman–Crippen LogP) is 4.51. The zero-order valence-corrected chi connectivity index (χ0v) is 16.8. The number of hydrogen-bond donors (Lipinski definition) is 2. The lowest BCUT2D eigenvalue weighted by Gasteiger charge is -2.11. The third-order valence-electron chi connectivity index (χ3n) is 4.12. The number of carbonyl (C=O) groups excluding carboxylic acids is 2. The Kier molecular flexibility index (Phi) is 6.13. The molecule has 2 N–H and O–H groups in total. The van der Waals surface area contributed by atoms with E-state index in [1.54, 1.807) is 5.41 Å². The van der Waals surface area contributed by atoms with Crippen molar-refractivity contribution >= 4 is 46.5 Å². The molecule has 1 aliphatic heterocycles. The van der Waals surface area contributed by atoms with Crippen LogP contribution in [0.3, 0.4) is 0 Å². The van der Waals surface area contributed by atoms with Gasteiger partial charge in [0, 0.05) is 5.57 Å². The zero-order chi connectivity index (χ0) is 22.1. The van der Waals surface area contributed by atoms with Crippen molar-refractivity contribution in [2.75, 3.05) is 0 Å². The number of hydrazone groups is 1. The minimum absolute atomic E-state index is 0.00492. The summed E-state index contributed by atoms with van der Waals surface area (Å²) in [6, 6.07) is 7.03. The minimum Gasteiger partial charge on any atom is -0.477 e. The summed E-state index contributed by atoms with van der Waals surface area (Å²) in [7, 11) is 0. The predicted molar refractivity (Wildman–Crippen MR) is 107 cm³/mol. The molecule has 1 amide bonds. The van der Waals surface area contributed by atoms with Gasteiger partial charge in [-0.1, -0.05) is 12.1 Å². The van der Waals surface area contributed by atoms with Gasteiger partial charge in [-0.2, -0.15) is 18.3 Å². The van der Waals surface area contributed by atoms with E-state index in [0.29, 0.717) is 5.56 Å². The van der Waals surface area contributed by atoms with Gasteiger partial charge in [-0.15, -0.1) is 23.1 Å². The Balaban J connectivity index is 1.67. The molecule has 3 rings (SSSR count). The maximum Gasteiger partial charge on any atom is 0.416 e. The van der Waals surface area contributed by atoms with Crippen molar-refractivity contribution in [2.45, 2.75) is 18.3 Å².